The van der Waals surface area contributed by atoms with Gasteiger partial charge in [-0.3, -0.25) is 0 Å². The number of carbonyl (C=O) groups is 1. The zero-order valence-electron chi connectivity index (χ0n) is 11.7. The van der Waals surface area contributed by atoms with Gasteiger partial charge in [0.25, 0.3) is 0 Å². The summed E-state index contributed by atoms with van der Waals surface area (Å²) in [7, 11) is 0. The van der Waals surface area contributed by atoms with Crippen molar-refractivity contribution in [2.45, 2.75) is 12.5 Å². The number of thiol groups is 1. The lowest BCUT2D eigenvalue weighted by molar-refractivity contribution is 0.0498. The van der Waals surface area contributed by atoms with Crippen molar-refractivity contribution in [3.63, 3.8) is 0 Å². The molecule has 2 aromatic rings. The summed E-state index contributed by atoms with van der Waals surface area (Å²) < 4.78 is 16.6. The first-order valence-electron chi connectivity index (χ1n) is 6.90. The molecule has 1 aliphatic heterocycles. The number of thiazole rings is 1. The third kappa shape index (κ3) is 3.36. The fraction of sp³-hybridized carbons (Fsp3) is 0.333. The van der Waals surface area contributed by atoms with Crippen LogP contribution in [0.4, 0.5) is 0 Å². The second-order valence-electron chi connectivity index (χ2n) is 4.65. The molecule has 116 valence electrons. The quantitative estimate of drug-likeness (QED) is 0.516. The van der Waals surface area contributed by atoms with E-state index in [2.05, 4.69) is 17.6 Å². The number of esters is 1. The zero-order valence-corrected chi connectivity index (χ0v) is 13.4. The standard InChI is InChI=1S/C15H15NO4S2/c17-15(18-6-3-7-21)10-9-22-14(16-10)13-8-19-11-4-1-2-5-12(11)20-13/h1-2,4-5,9,13,21H,3,6-8H2. The molecule has 0 fully saturated rings. The largest absolute Gasteiger partial charge is 0.485 e. The van der Waals surface area contributed by atoms with Crippen LogP contribution < -0.4 is 9.47 Å². The Morgan fingerprint density at radius 2 is 2.23 bits per heavy atom. The first kappa shape index (κ1) is 15.2. The van der Waals surface area contributed by atoms with Crippen molar-refractivity contribution >= 4 is 29.9 Å². The Hall–Kier alpha value is -1.73. The first-order valence-corrected chi connectivity index (χ1v) is 8.41. The Morgan fingerprint density at radius 3 is 3.05 bits per heavy atom. The predicted octanol–water partition coefficient (Wildman–Crippen LogP) is 3.13. The molecule has 1 atom stereocenters. The second kappa shape index (κ2) is 7.02. The molecule has 1 aliphatic rings. The van der Waals surface area contributed by atoms with Crippen LogP contribution in [0.15, 0.2) is 29.6 Å². The van der Waals surface area contributed by atoms with Gasteiger partial charge in [-0.1, -0.05) is 12.1 Å². The summed E-state index contributed by atoms with van der Waals surface area (Å²) in [6.45, 7) is 0.726. The number of fused-ring (bicyclic) bond motifs is 1. The van der Waals surface area contributed by atoms with Crippen molar-refractivity contribution in [3.05, 3.63) is 40.3 Å². The molecule has 0 saturated heterocycles. The Kier molecular flexibility index (Phi) is 4.84. The van der Waals surface area contributed by atoms with Gasteiger partial charge in [0, 0.05) is 5.38 Å². The topological polar surface area (TPSA) is 57.7 Å². The SMILES string of the molecule is O=C(OCCCS)c1csc(C2COc3ccccc3O2)n1. The third-order valence-electron chi connectivity index (χ3n) is 3.05. The van der Waals surface area contributed by atoms with Crippen LogP contribution in [0.1, 0.15) is 28.0 Å². The van der Waals surface area contributed by atoms with E-state index >= 15 is 0 Å². The van der Waals surface area contributed by atoms with Crippen molar-refractivity contribution in [1.29, 1.82) is 0 Å². The van der Waals surface area contributed by atoms with E-state index in [0.29, 0.717) is 35.4 Å². The van der Waals surface area contributed by atoms with Gasteiger partial charge in [-0.05, 0) is 24.3 Å². The molecule has 2 heterocycles. The summed E-state index contributed by atoms with van der Waals surface area (Å²) >= 11 is 5.44. The third-order valence-corrected chi connectivity index (χ3v) is 4.30. The number of benzene rings is 1. The maximum Gasteiger partial charge on any atom is 0.357 e. The summed E-state index contributed by atoms with van der Waals surface area (Å²) in [5.41, 5.74) is 0.307. The normalized spacial score (nSPS) is 16.3. The molecule has 22 heavy (non-hydrogen) atoms. The molecule has 1 unspecified atom stereocenters. The Balaban J connectivity index is 1.66. The van der Waals surface area contributed by atoms with Crippen molar-refractivity contribution in [2.75, 3.05) is 19.0 Å². The lowest BCUT2D eigenvalue weighted by Gasteiger charge is -2.24. The predicted molar refractivity (Wildman–Crippen MR) is 86.2 cm³/mol. The lowest BCUT2D eigenvalue weighted by atomic mass is 10.2. The molecule has 3 rings (SSSR count). The molecular weight excluding hydrogens is 322 g/mol. The summed E-state index contributed by atoms with van der Waals surface area (Å²) in [6, 6.07) is 7.49. The van der Waals surface area contributed by atoms with Crippen molar-refractivity contribution in [3.8, 4) is 11.5 Å². The molecule has 0 aliphatic carbocycles. The second-order valence-corrected chi connectivity index (χ2v) is 5.99. The molecular formula is C15H15NO4S2. The highest BCUT2D eigenvalue weighted by Gasteiger charge is 2.26. The maximum absolute atomic E-state index is 11.8. The summed E-state index contributed by atoms with van der Waals surface area (Å²) in [4.78, 5) is 16.1. The molecule has 1 aromatic carbocycles. The number of para-hydroxylation sites is 2. The van der Waals surface area contributed by atoms with E-state index in [1.807, 2.05) is 24.3 Å². The molecule has 0 amide bonds. The first-order chi connectivity index (χ1) is 10.8. The highest BCUT2D eigenvalue weighted by molar-refractivity contribution is 7.80. The molecule has 0 radical (unpaired) electrons. The van der Waals surface area contributed by atoms with Gasteiger partial charge < -0.3 is 14.2 Å². The van der Waals surface area contributed by atoms with Crippen molar-refractivity contribution in [1.82, 2.24) is 4.98 Å². The van der Waals surface area contributed by atoms with Crippen LogP contribution in [-0.2, 0) is 4.74 Å². The molecule has 0 N–H and O–H groups in total. The van der Waals surface area contributed by atoms with E-state index < -0.39 is 5.97 Å². The van der Waals surface area contributed by atoms with Crippen LogP contribution in [0.3, 0.4) is 0 Å². The van der Waals surface area contributed by atoms with E-state index in [0.717, 1.165) is 12.2 Å². The van der Waals surface area contributed by atoms with Crippen LogP contribution in [0.5, 0.6) is 11.5 Å². The average Bonchev–Trinajstić information content (AvgIpc) is 3.04. The monoisotopic (exact) mass is 337 g/mol. The zero-order chi connectivity index (χ0) is 15.4. The highest BCUT2D eigenvalue weighted by atomic mass is 32.1. The summed E-state index contributed by atoms with van der Waals surface area (Å²) in [5, 5.41) is 2.39. The minimum Gasteiger partial charge on any atom is -0.485 e. The van der Waals surface area contributed by atoms with Gasteiger partial charge in [0.05, 0.1) is 6.61 Å². The molecule has 7 heteroatoms. The number of rotatable bonds is 5. The van der Waals surface area contributed by atoms with Crippen LogP contribution in [0, 0.1) is 0 Å². The minimum absolute atomic E-state index is 0.307. The Labute approximate surface area is 137 Å². The van der Waals surface area contributed by atoms with Gasteiger partial charge in [0.1, 0.15) is 11.6 Å². The maximum atomic E-state index is 11.8. The lowest BCUT2D eigenvalue weighted by Crippen LogP contribution is -2.21. The number of ether oxygens (including phenoxy) is 3. The number of nitrogens with zero attached hydrogens (tertiary/aromatic N) is 1. The minimum atomic E-state index is -0.415. The number of aromatic nitrogens is 1. The Morgan fingerprint density at radius 1 is 1.41 bits per heavy atom. The van der Waals surface area contributed by atoms with Gasteiger partial charge >= 0.3 is 5.97 Å². The van der Waals surface area contributed by atoms with Crippen LogP contribution >= 0.6 is 24.0 Å². The number of hydrogen-bond acceptors (Lipinski definition) is 7. The fourth-order valence-corrected chi connectivity index (χ4v) is 2.90. The molecule has 5 nitrogen and oxygen atoms in total. The van der Waals surface area contributed by atoms with E-state index in [9.17, 15) is 4.79 Å². The molecule has 0 bridgehead atoms. The smallest absolute Gasteiger partial charge is 0.357 e. The average molecular weight is 337 g/mol. The van der Waals surface area contributed by atoms with E-state index in [4.69, 9.17) is 14.2 Å². The van der Waals surface area contributed by atoms with Crippen molar-refractivity contribution < 1.29 is 19.0 Å². The van der Waals surface area contributed by atoms with E-state index in [1.54, 1.807) is 5.38 Å². The summed E-state index contributed by atoms with van der Waals surface area (Å²) in [6.07, 6.45) is 0.418. The molecule has 1 aromatic heterocycles. The molecule has 0 spiro atoms. The van der Waals surface area contributed by atoms with E-state index in [1.165, 1.54) is 11.3 Å². The molecule has 0 saturated carbocycles. The van der Waals surface area contributed by atoms with Gasteiger partial charge in [-0.25, -0.2) is 9.78 Å². The fourth-order valence-electron chi connectivity index (χ4n) is 1.97. The van der Waals surface area contributed by atoms with Gasteiger partial charge in [0.15, 0.2) is 23.3 Å². The summed E-state index contributed by atoms with van der Waals surface area (Å²) in [5.74, 6) is 1.68. The van der Waals surface area contributed by atoms with E-state index in [-0.39, 0.29) is 6.10 Å². The Bertz CT molecular complexity index is 658. The van der Waals surface area contributed by atoms with Crippen molar-refractivity contribution in [2.24, 2.45) is 0 Å². The van der Waals surface area contributed by atoms with Gasteiger partial charge in [-0.2, -0.15) is 12.6 Å². The van der Waals surface area contributed by atoms with Crippen LogP contribution in [0.2, 0.25) is 0 Å². The highest BCUT2D eigenvalue weighted by Crippen LogP contribution is 2.36. The number of carbonyl (C=O) groups excluding carboxylic acids is 1. The van der Waals surface area contributed by atoms with Gasteiger partial charge in [0.2, 0.25) is 0 Å². The van der Waals surface area contributed by atoms with Crippen LogP contribution in [-0.4, -0.2) is 29.9 Å². The van der Waals surface area contributed by atoms with Gasteiger partial charge in [-0.15, -0.1) is 11.3 Å². The van der Waals surface area contributed by atoms with Crippen LogP contribution in [0.25, 0.3) is 0 Å². The number of hydrogen-bond donors (Lipinski definition) is 1.